The van der Waals surface area contributed by atoms with E-state index in [1.54, 1.807) is 0 Å². The molecule has 0 atom stereocenters. The zero-order valence-electron chi connectivity index (χ0n) is 12.8. The predicted molar refractivity (Wildman–Crippen MR) is 86.5 cm³/mol. The summed E-state index contributed by atoms with van der Waals surface area (Å²) in [5.74, 6) is 0.903. The number of hydrogen-bond donors (Lipinski definition) is 1. The first kappa shape index (κ1) is 16.5. The van der Waals surface area contributed by atoms with Gasteiger partial charge in [-0.25, -0.2) is 13.1 Å². The lowest BCUT2D eigenvalue weighted by molar-refractivity contribution is 0.191. The summed E-state index contributed by atoms with van der Waals surface area (Å²) < 4.78 is 26.6. The van der Waals surface area contributed by atoms with Gasteiger partial charge in [0.05, 0.1) is 5.75 Å². The number of sulfonamides is 1. The summed E-state index contributed by atoms with van der Waals surface area (Å²) in [7, 11) is -3.21. The smallest absolute Gasteiger partial charge is 0.215 e. The Morgan fingerprint density at radius 2 is 1.86 bits per heavy atom. The minimum atomic E-state index is -3.21. The van der Waals surface area contributed by atoms with E-state index in [1.165, 1.54) is 12.8 Å². The molecule has 1 fully saturated rings. The van der Waals surface area contributed by atoms with E-state index in [-0.39, 0.29) is 5.75 Å². The largest absolute Gasteiger partial charge is 0.303 e. The maximum absolute atomic E-state index is 12.0. The summed E-state index contributed by atoms with van der Waals surface area (Å²) in [6, 6.07) is 9.30. The van der Waals surface area contributed by atoms with Crippen LogP contribution in [0.15, 0.2) is 30.3 Å². The Morgan fingerprint density at radius 1 is 1.19 bits per heavy atom. The predicted octanol–water partition coefficient (Wildman–Crippen LogP) is 2.23. The Hall–Kier alpha value is -0.910. The lowest BCUT2D eigenvalue weighted by atomic mass is 9.99. The van der Waals surface area contributed by atoms with E-state index in [0.29, 0.717) is 6.54 Å². The van der Waals surface area contributed by atoms with Crippen molar-refractivity contribution in [2.24, 2.45) is 5.92 Å². The molecule has 4 nitrogen and oxygen atoms in total. The zero-order chi connectivity index (χ0) is 15.1. The molecule has 1 aromatic rings. The molecule has 1 aliphatic rings. The first-order chi connectivity index (χ1) is 10.1. The average molecular weight is 310 g/mol. The number of nitrogens with zero attached hydrogens (tertiary/aromatic N) is 1. The van der Waals surface area contributed by atoms with Crippen molar-refractivity contribution < 1.29 is 8.42 Å². The van der Waals surface area contributed by atoms with Crippen LogP contribution in [0.1, 0.15) is 31.7 Å². The van der Waals surface area contributed by atoms with Crippen LogP contribution in [-0.2, 0) is 15.8 Å². The molecule has 2 rings (SSSR count). The van der Waals surface area contributed by atoms with Gasteiger partial charge in [0, 0.05) is 6.54 Å². The minimum Gasteiger partial charge on any atom is -0.303 e. The SMILES string of the molecule is CC1CCN(CCCNS(=O)(=O)Cc2ccccc2)CC1. The van der Waals surface area contributed by atoms with Crippen LogP contribution in [0.4, 0.5) is 0 Å². The molecule has 1 aromatic carbocycles. The zero-order valence-corrected chi connectivity index (χ0v) is 13.6. The Kier molecular flexibility index (Phi) is 6.21. The molecule has 1 heterocycles. The van der Waals surface area contributed by atoms with Gasteiger partial charge in [0.15, 0.2) is 0 Å². The lowest BCUT2D eigenvalue weighted by Crippen LogP contribution is -2.35. The van der Waals surface area contributed by atoms with Crippen LogP contribution in [0.25, 0.3) is 0 Å². The van der Waals surface area contributed by atoms with Gasteiger partial charge < -0.3 is 4.90 Å². The molecule has 0 aromatic heterocycles. The first-order valence-electron chi connectivity index (χ1n) is 7.79. The lowest BCUT2D eigenvalue weighted by Gasteiger charge is -2.30. The molecule has 0 amide bonds. The molecule has 0 unspecified atom stereocenters. The fraction of sp³-hybridized carbons (Fsp3) is 0.625. The van der Waals surface area contributed by atoms with Crippen LogP contribution >= 0.6 is 0 Å². The molecule has 0 bridgehead atoms. The molecule has 1 aliphatic heterocycles. The summed E-state index contributed by atoms with van der Waals surface area (Å²) >= 11 is 0. The molecule has 0 spiro atoms. The monoisotopic (exact) mass is 310 g/mol. The maximum atomic E-state index is 12.0. The second-order valence-corrected chi connectivity index (χ2v) is 7.82. The molecule has 0 aliphatic carbocycles. The highest BCUT2D eigenvalue weighted by Gasteiger charge is 2.15. The Bertz CT molecular complexity index is 508. The molecule has 5 heteroatoms. The van der Waals surface area contributed by atoms with E-state index in [9.17, 15) is 8.42 Å². The standard InChI is InChI=1S/C16H26N2O2S/c1-15-8-12-18(13-9-15)11-5-10-17-21(19,20)14-16-6-3-2-4-7-16/h2-4,6-7,15,17H,5,8-14H2,1H3. The Labute approximate surface area is 128 Å². The van der Waals surface area contributed by atoms with Crippen molar-refractivity contribution in [3.63, 3.8) is 0 Å². The molecule has 21 heavy (non-hydrogen) atoms. The van der Waals surface area contributed by atoms with Crippen molar-refractivity contribution in [3.8, 4) is 0 Å². The van der Waals surface area contributed by atoms with Crippen molar-refractivity contribution in [1.29, 1.82) is 0 Å². The summed E-state index contributed by atoms with van der Waals surface area (Å²) in [5.41, 5.74) is 0.829. The molecular weight excluding hydrogens is 284 g/mol. The molecular formula is C16H26N2O2S. The highest BCUT2D eigenvalue weighted by atomic mass is 32.2. The second-order valence-electron chi connectivity index (χ2n) is 6.02. The minimum absolute atomic E-state index is 0.0646. The Morgan fingerprint density at radius 3 is 2.52 bits per heavy atom. The molecule has 1 saturated heterocycles. The number of piperidine rings is 1. The summed E-state index contributed by atoms with van der Waals surface area (Å²) in [6.45, 7) is 6.12. The number of hydrogen-bond acceptors (Lipinski definition) is 3. The topological polar surface area (TPSA) is 49.4 Å². The molecule has 0 saturated carbocycles. The van der Waals surface area contributed by atoms with Gasteiger partial charge in [-0.15, -0.1) is 0 Å². The van der Waals surface area contributed by atoms with Gasteiger partial charge >= 0.3 is 0 Å². The fourth-order valence-corrected chi connectivity index (χ4v) is 3.85. The van der Waals surface area contributed by atoms with Gasteiger partial charge in [0.25, 0.3) is 0 Å². The van der Waals surface area contributed by atoms with Crippen molar-refractivity contribution in [2.75, 3.05) is 26.2 Å². The molecule has 1 N–H and O–H groups in total. The number of benzene rings is 1. The Balaban J connectivity index is 1.65. The third kappa shape index (κ3) is 6.16. The van der Waals surface area contributed by atoms with Gasteiger partial charge in [-0.3, -0.25) is 0 Å². The maximum Gasteiger partial charge on any atom is 0.215 e. The van der Waals surface area contributed by atoms with Crippen LogP contribution in [0, 0.1) is 5.92 Å². The molecule has 118 valence electrons. The van der Waals surface area contributed by atoms with Crippen LogP contribution in [0.3, 0.4) is 0 Å². The second kappa shape index (κ2) is 7.92. The normalized spacial score (nSPS) is 18.0. The van der Waals surface area contributed by atoms with Crippen molar-refractivity contribution in [1.82, 2.24) is 9.62 Å². The summed E-state index contributed by atoms with van der Waals surface area (Å²) in [6.07, 6.45) is 3.40. The first-order valence-corrected chi connectivity index (χ1v) is 9.44. The average Bonchev–Trinajstić information content (AvgIpc) is 2.46. The quantitative estimate of drug-likeness (QED) is 0.786. The van der Waals surface area contributed by atoms with E-state index in [2.05, 4.69) is 16.5 Å². The summed E-state index contributed by atoms with van der Waals surface area (Å²) in [5, 5.41) is 0. The van der Waals surface area contributed by atoms with Crippen molar-refractivity contribution in [2.45, 2.75) is 31.9 Å². The van der Waals surface area contributed by atoms with E-state index < -0.39 is 10.0 Å². The number of likely N-dealkylation sites (tertiary alicyclic amines) is 1. The van der Waals surface area contributed by atoms with Crippen LogP contribution in [-0.4, -0.2) is 39.5 Å². The van der Waals surface area contributed by atoms with Gasteiger partial charge in [-0.1, -0.05) is 37.3 Å². The van der Waals surface area contributed by atoms with E-state index in [4.69, 9.17) is 0 Å². The van der Waals surface area contributed by atoms with E-state index in [0.717, 1.165) is 37.5 Å². The van der Waals surface area contributed by atoms with Crippen LogP contribution < -0.4 is 4.72 Å². The third-order valence-electron chi connectivity index (χ3n) is 4.05. The highest BCUT2D eigenvalue weighted by Crippen LogP contribution is 2.15. The third-order valence-corrected chi connectivity index (χ3v) is 5.41. The van der Waals surface area contributed by atoms with E-state index in [1.807, 2.05) is 30.3 Å². The van der Waals surface area contributed by atoms with Gasteiger partial charge in [-0.05, 0) is 50.4 Å². The fourth-order valence-electron chi connectivity index (χ4n) is 2.66. The summed E-state index contributed by atoms with van der Waals surface area (Å²) in [4.78, 5) is 2.44. The highest BCUT2D eigenvalue weighted by molar-refractivity contribution is 7.88. The van der Waals surface area contributed by atoms with E-state index >= 15 is 0 Å². The van der Waals surface area contributed by atoms with Crippen molar-refractivity contribution in [3.05, 3.63) is 35.9 Å². The van der Waals surface area contributed by atoms with Gasteiger partial charge in [0.1, 0.15) is 0 Å². The molecule has 0 radical (unpaired) electrons. The number of nitrogens with one attached hydrogen (secondary N) is 1. The van der Waals surface area contributed by atoms with Crippen LogP contribution in [0.2, 0.25) is 0 Å². The van der Waals surface area contributed by atoms with Crippen LogP contribution in [0.5, 0.6) is 0 Å². The number of rotatable bonds is 7. The van der Waals surface area contributed by atoms with Crippen molar-refractivity contribution >= 4 is 10.0 Å². The van der Waals surface area contributed by atoms with Gasteiger partial charge in [-0.2, -0.15) is 0 Å². The van der Waals surface area contributed by atoms with Gasteiger partial charge in [0.2, 0.25) is 10.0 Å².